The Morgan fingerprint density at radius 2 is 2.29 bits per heavy atom. The summed E-state index contributed by atoms with van der Waals surface area (Å²) >= 11 is 1.58. The van der Waals surface area contributed by atoms with Crippen LogP contribution in [0.3, 0.4) is 0 Å². The first-order chi connectivity index (χ1) is 10.2. The molecule has 2 aromatic rings. The van der Waals surface area contributed by atoms with Gasteiger partial charge in [-0.2, -0.15) is 0 Å². The number of hydrogen-bond acceptors (Lipinski definition) is 5. The summed E-state index contributed by atoms with van der Waals surface area (Å²) in [6.07, 6.45) is 5.37. The normalized spacial score (nSPS) is 18.0. The third-order valence-electron chi connectivity index (χ3n) is 3.90. The standard InChI is InChI=1S/C16H22N4S/c1-11(2)6-17-7-12-3-4-14-13(5-12)8-18-16(20-14)15-9-21-10-19-15/h8-12,17H,3-7H2,1-2H3. The molecule has 4 nitrogen and oxygen atoms in total. The maximum Gasteiger partial charge on any atom is 0.179 e. The highest BCUT2D eigenvalue weighted by Gasteiger charge is 2.20. The molecule has 112 valence electrons. The number of nitrogens with zero attached hydrogens (tertiary/aromatic N) is 3. The van der Waals surface area contributed by atoms with Crippen LogP contribution in [-0.2, 0) is 12.8 Å². The molecular formula is C16H22N4S. The number of rotatable bonds is 5. The van der Waals surface area contributed by atoms with E-state index < -0.39 is 0 Å². The van der Waals surface area contributed by atoms with Gasteiger partial charge in [-0.3, -0.25) is 0 Å². The Bertz CT molecular complexity index is 580. The molecule has 5 heteroatoms. The molecule has 0 amide bonds. The van der Waals surface area contributed by atoms with Crippen LogP contribution in [-0.4, -0.2) is 28.0 Å². The molecular weight excluding hydrogens is 280 g/mol. The molecule has 0 bridgehead atoms. The van der Waals surface area contributed by atoms with Crippen molar-refractivity contribution in [1.82, 2.24) is 20.3 Å². The fourth-order valence-corrected chi connectivity index (χ4v) is 3.31. The molecule has 3 rings (SSSR count). The molecule has 0 spiro atoms. The van der Waals surface area contributed by atoms with E-state index in [4.69, 9.17) is 4.98 Å². The van der Waals surface area contributed by atoms with Crippen molar-refractivity contribution in [2.75, 3.05) is 13.1 Å². The molecule has 0 aliphatic heterocycles. The van der Waals surface area contributed by atoms with Gasteiger partial charge >= 0.3 is 0 Å². The number of hydrogen-bond donors (Lipinski definition) is 1. The first-order valence-corrected chi connectivity index (χ1v) is 8.60. The van der Waals surface area contributed by atoms with E-state index in [1.54, 1.807) is 11.3 Å². The Kier molecular flexibility index (Phi) is 4.60. The zero-order valence-corrected chi connectivity index (χ0v) is 13.5. The highest BCUT2D eigenvalue weighted by atomic mass is 32.1. The summed E-state index contributed by atoms with van der Waals surface area (Å²) in [5.74, 6) is 2.20. The van der Waals surface area contributed by atoms with Crippen molar-refractivity contribution in [2.24, 2.45) is 11.8 Å². The van der Waals surface area contributed by atoms with E-state index in [2.05, 4.69) is 29.1 Å². The van der Waals surface area contributed by atoms with Gasteiger partial charge in [-0.15, -0.1) is 11.3 Å². The molecule has 0 fully saturated rings. The van der Waals surface area contributed by atoms with Crippen molar-refractivity contribution >= 4 is 11.3 Å². The van der Waals surface area contributed by atoms with Gasteiger partial charge in [-0.05, 0) is 49.8 Å². The van der Waals surface area contributed by atoms with Gasteiger partial charge in [0.2, 0.25) is 0 Å². The molecule has 1 atom stereocenters. The van der Waals surface area contributed by atoms with Gasteiger partial charge in [-0.25, -0.2) is 15.0 Å². The molecule has 1 aliphatic carbocycles. The smallest absolute Gasteiger partial charge is 0.179 e. The topological polar surface area (TPSA) is 50.7 Å². The minimum atomic E-state index is 0.713. The predicted molar refractivity (Wildman–Crippen MR) is 86.4 cm³/mol. The lowest BCUT2D eigenvalue weighted by atomic mass is 9.87. The van der Waals surface area contributed by atoms with Crippen LogP contribution < -0.4 is 5.32 Å². The lowest BCUT2D eigenvalue weighted by Crippen LogP contribution is -2.30. The highest BCUT2D eigenvalue weighted by molar-refractivity contribution is 7.07. The molecule has 1 unspecified atom stereocenters. The van der Waals surface area contributed by atoms with E-state index >= 15 is 0 Å². The van der Waals surface area contributed by atoms with Gasteiger partial charge in [-0.1, -0.05) is 13.8 Å². The highest BCUT2D eigenvalue weighted by Crippen LogP contribution is 2.25. The zero-order valence-electron chi connectivity index (χ0n) is 12.7. The van der Waals surface area contributed by atoms with Crippen molar-refractivity contribution in [1.29, 1.82) is 0 Å². The Labute approximate surface area is 130 Å². The van der Waals surface area contributed by atoms with Crippen LogP contribution >= 0.6 is 11.3 Å². The van der Waals surface area contributed by atoms with Gasteiger partial charge in [0.15, 0.2) is 5.82 Å². The van der Waals surface area contributed by atoms with Crippen molar-refractivity contribution in [3.05, 3.63) is 28.3 Å². The van der Waals surface area contributed by atoms with Crippen LogP contribution in [0.1, 0.15) is 31.5 Å². The van der Waals surface area contributed by atoms with Gasteiger partial charge in [0.1, 0.15) is 5.69 Å². The van der Waals surface area contributed by atoms with Gasteiger partial charge in [0.05, 0.1) is 5.51 Å². The minimum Gasteiger partial charge on any atom is -0.316 e. The van der Waals surface area contributed by atoms with Gasteiger partial charge in [0.25, 0.3) is 0 Å². The van der Waals surface area contributed by atoms with Crippen LogP contribution in [0.2, 0.25) is 0 Å². The first kappa shape index (κ1) is 14.6. The van der Waals surface area contributed by atoms with Crippen LogP contribution in [0, 0.1) is 11.8 Å². The number of aryl methyl sites for hydroxylation is 1. The van der Waals surface area contributed by atoms with E-state index in [0.29, 0.717) is 11.8 Å². The van der Waals surface area contributed by atoms with Crippen LogP contribution in [0.4, 0.5) is 0 Å². The Morgan fingerprint density at radius 1 is 1.38 bits per heavy atom. The van der Waals surface area contributed by atoms with Crippen molar-refractivity contribution in [3.63, 3.8) is 0 Å². The predicted octanol–water partition coefficient (Wildman–Crippen LogP) is 2.95. The molecule has 2 heterocycles. The van der Waals surface area contributed by atoms with Crippen molar-refractivity contribution in [2.45, 2.75) is 33.1 Å². The van der Waals surface area contributed by atoms with Crippen LogP contribution in [0.5, 0.6) is 0 Å². The Hall–Kier alpha value is -1.33. The summed E-state index contributed by atoms with van der Waals surface area (Å²) in [4.78, 5) is 13.5. The lowest BCUT2D eigenvalue weighted by Gasteiger charge is -2.24. The Balaban J connectivity index is 1.64. The number of thiazole rings is 1. The fraction of sp³-hybridized carbons (Fsp3) is 0.562. The van der Waals surface area contributed by atoms with Crippen LogP contribution in [0.25, 0.3) is 11.5 Å². The summed E-state index contributed by atoms with van der Waals surface area (Å²) < 4.78 is 0. The largest absolute Gasteiger partial charge is 0.316 e. The number of nitrogens with one attached hydrogen (secondary N) is 1. The zero-order chi connectivity index (χ0) is 14.7. The van der Waals surface area contributed by atoms with Crippen molar-refractivity contribution in [3.8, 4) is 11.5 Å². The average molecular weight is 302 g/mol. The minimum absolute atomic E-state index is 0.713. The summed E-state index contributed by atoms with van der Waals surface area (Å²) in [5.41, 5.74) is 5.25. The SMILES string of the molecule is CC(C)CNCC1CCc2nc(-c3cscn3)ncc2C1. The first-order valence-electron chi connectivity index (χ1n) is 7.66. The lowest BCUT2D eigenvalue weighted by molar-refractivity contribution is 0.405. The molecule has 0 saturated carbocycles. The average Bonchev–Trinajstić information content (AvgIpc) is 3.00. The molecule has 1 N–H and O–H groups in total. The third-order valence-corrected chi connectivity index (χ3v) is 4.49. The van der Waals surface area contributed by atoms with Crippen molar-refractivity contribution < 1.29 is 0 Å². The van der Waals surface area contributed by atoms with E-state index in [-0.39, 0.29) is 0 Å². The maximum atomic E-state index is 4.71. The molecule has 2 aromatic heterocycles. The van der Waals surface area contributed by atoms with Gasteiger partial charge < -0.3 is 5.32 Å². The van der Waals surface area contributed by atoms with E-state index in [9.17, 15) is 0 Å². The van der Waals surface area contributed by atoms with E-state index in [1.807, 2.05) is 17.1 Å². The number of fused-ring (bicyclic) bond motifs is 1. The van der Waals surface area contributed by atoms with Crippen LogP contribution in [0.15, 0.2) is 17.1 Å². The Morgan fingerprint density at radius 3 is 3.05 bits per heavy atom. The molecule has 0 aromatic carbocycles. The van der Waals surface area contributed by atoms with E-state index in [0.717, 1.165) is 37.4 Å². The summed E-state index contributed by atoms with van der Waals surface area (Å²) in [6.45, 7) is 6.70. The summed E-state index contributed by atoms with van der Waals surface area (Å²) in [7, 11) is 0. The number of aromatic nitrogens is 3. The van der Waals surface area contributed by atoms with Gasteiger partial charge in [0, 0.05) is 17.3 Å². The summed E-state index contributed by atoms with van der Waals surface area (Å²) in [6, 6.07) is 0. The molecule has 0 radical (unpaired) electrons. The molecule has 0 saturated heterocycles. The fourth-order valence-electron chi connectivity index (χ4n) is 2.78. The molecule has 21 heavy (non-hydrogen) atoms. The second-order valence-corrected chi connectivity index (χ2v) is 6.92. The van der Waals surface area contributed by atoms with E-state index in [1.165, 1.54) is 17.7 Å². The second-order valence-electron chi connectivity index (χ2n) is 6.20. The monoisotopic (exact) mass is 302 g/mol. The maximum absolute atomic E-state index is 4.71. The second kappa shape index (κ2) is 6.62. The molecule has 1 aliphatic rings. The quantitative estimate of drug-likeness (QED) is 0.922. The third kappa shape index (κ3) is 3.66. The summed E-state index contributed by atoms with van der Waals surface area (Å²) in [5, 5.41) is 5.57.